The Bertz CT molecular complexity index is 889. The highest BCUT2D eigenvalue weighted by molar-refractivity contribution is 7.12. The molecule has 28 heavy (non-hydrogen) atoms. The molecule has 1 saturated heterocycles. The summed E-state index contributed by atoms with van der Waals surface area (Å²) in [4.78, 5) is 22.4. The van der Waals surface area contributed by atoms with Crippen LogP contribution in [0.4, 0.5) is 0 Å². The van der Waals surface area contributed by atoms with E-state index < -0.39 is 0 Å². The fourth-order valence-corrected chi connectivity index (χ4v) is 4.67. The van der Waals surface area contributed by atoms with Crippen LogP contribution < -0.4 is 4.74 Å². The van der Waals surface area contributed by atoms with Gasteiger partial charge < -0.3 is 9.64 Å². The molecule has 148 valence electrons. The van der Waals surface area contributed by atoms with Gasteiger partial charge in [0.15, 0.2) is 0 Å². The van der Waals surface area contributed by atoms with Gasteiger partial charge in [0.1, 0.15) is 10.8 Å². The van der Waals surface area contributed by atoms with Gasteiger partial charge in [-0.2, -0.15) is 0 Å². The number of benzene rings is 1. The lowest BCUT2D eigenvalue weighted by Crippen LogP contribution is -2.48. The molecule has 8 heteroatoms. The Morgan fingerprint density at radius 2 is 1.86 bits per heavy atom. The van der Waals surface area contributed by atoms with Crippen LogP contribution in [0, 0.1) is 0 Å². The molecule has 0 radical (unpaired) electrons. The number of carbonyl (C=O) groups is 1. The first-order valence-electron chi connectivity index (χ1n) is 8.87. The predicted octanol–water partition coefficient (Wildman–Crippen LogP) is 4.26. The van der Waals surface area contributed by atoms with E-state index in [1.165, 1.54) is 11.3 Å². The number of ether oxygens (including phenoxy) is 1. The van der Waals surface area contributed by atoms with Crippen LogP contribution in [0.2, 0.25) is 0 Å². The first kappa shape index (κ1) is 20.8. The Morgan fingerprint density at radius 1 is 1.11 bits per heavy atom. The first-order chi connectivity index (χ1) is 13.2. The molecule has 1 aliphatic heterocycles. The lowest BCUT2D eigenvalue weighted by molar-refractivity contribution is 0.0633. The standard InChI is InChI=1S/C20H21N3O2S2.ClH/c1-25-16-6-4-15(5-7-16)17-14-27-19(21-17)13-22-8-10-23(11-9-22)20(24)18-3-2-12-26-18;/h2-7,12,14H,8-11,13H2,1H3;1H. The third kappa shape index (κ3) is 4.72. The lowest BCUT2D eigenvalue weighted by atomic mass is 10.2. The quantitative estimate of drug-likeness (QED) is 0.600. The molecule has 1 fully saturated rings. The maximum Gasteiger partial charge on any atom is 0.264 e. The van der Waals surface area contributed by atoms with Gasteiger partial charge in [-0.25, -0.2) is 4.98 Å². The van der Waals surface area contributed by atoms with Gasteiger partial charge in [-0.15, -0.1) is 35.1 Å². The molecular weight excluding hydrogens is 414 g/mol. The van der Waals surface area contributed by atoms with Crippen molar-refractivity contribution in [1.29, 1.82) is 0 Å². The summed E-state index contributed by atoms with van der Waals surface area (Å²) in [6, 6.07) is 11.8. The molecule has 4 rings (SSSR count). The molecule has 5 nitrogen and oxygen atoms in total. The van der Waals surface area contributed by atoms with Crippen molar-refractivity contribution in [3.05, 3.63) is 57.0 Å². The van der Waals surface area contributed by atoms with E-state index in [1.807, 2.05) is 46.7 Å². The van der Waals surface area contributed by atoms with E-state index in [1.54, 1.807) is 18.4 Å². The molecule has 0 saturated carbocycles. The van der Waals surface area contributed by atoms with Crippen molar-refractivity contribution in [3.8, 4) is 17.0 Å². The lowest BCUT2D eigenvalue weighted by Gasteiger charge is -2.34. The Kier molecular flexibility index (Phi) is 7.07. The molecule has 1 amide bonds. The number of amides is 1. The van der Waals surface area contributed by atoms with Gasteiger partial charge >= 0.3 is 0 Å². The average Bonchev–Trinajstić information content (AvgIpc) is 3.40. The Labute approximate surface area is 179 Å². The van der Waals surface area contributed by atoms with Gasteiger partial charge in [-0.1, -0.05) is 6.07 Å². The highest BCUT2D eigenvalue weighted by Crippen LogP contribution is 2.25. The van der Waals surface area contributed by atoms with Crippen molar-refractivity contribution in [1.82, 2.24) is 14.8 Å². The van der Waals surface area contributed by atoms with Gasteiger partial charge in [0, 0.05) is 37.1 Å². The predicted molar refractivity (Wildman–Crippen MR) is 117 cm³/mol. The third-order valence-corrected chi connectivity index (χ3v) is 6.38. The average molecular weight is 436 g/mol. The molecule has 2 aromatic heterocycles. The maximum atomic E-state index is 12.4. The summed E-state index contributed by atoms with van der Waals surface area (Å²) in [5.74, 6) is 1.00. The molecule has 0 unspecified atom stereocenters. The highest BCUT2D eigenvalue weighted by atomic mass is 35.5. The van der Waals surface area contributed by atoms with Gasteiger partial charge in [0.2, 0.25) is 0 Å². The fraction of sp³-hybridized carbons (Fsp3) is 0.300. The van der Waals surface area contributed by atoms with E-state index in [2.05, 4.69) is 10.3 Å². The molecular formula is C20H22ClN3O2S2. The summed E-state index contributed by atoms with van der Waals surface area (Å²) in [6.45, 7) is 4.14. The van der Waals surface area contributed by atoms with E-state index in [0.29, 0.717) is 0 Å². The van der Waals surface area contributed by atoms with Gasteiger partial charge in [-0.3, -0.25) is 9.69 Å². The van der Waals surface area contributed by atoms with Crippen LogP contribution >= 0.6 is 35.1 Å². The van der Waals surface area contributed by atoms with Crippen molar-refractivity contribution in [2.24, 2.45) is 0 Å². The molecule has 0 bridgehead atoms. The minimum Gasteiger partial charge on any atom is -0.497 e. The molecule has 3 heterocycles. The Hall–Kier alpha value is -1.93. The molecule has 1 aliphatic rings. The number of rotatable bonds is 5. The van der Waals surface area contributed by atoms with E-state index in [9.17, 15) is 4.79 Å². The van der Waals surface area contributed by atoms with Crippen LogP contribution in [0.15, 0.2) is 47.2 Å². The summed E-state index contributed by atoms with van der Waals surface area (Å²) < 4.78 is 5.21. The maximum absolute atomic E-state index is 12.4. The number of carbonyl (C=O) groups excluding carboxylic acids is 1. The zero-order valence-electron chi connectivity index (χ0n) is 15.5. The number of nitrogens with zero attached hydrogens (tertiary/aromatic N) is 3. The number of thiophene rings is 1. The summed E-state index contributed by atoms with van der Waals surface area (Å²) in [5, 5.41) is 5.17. The van der Waals surface area contributed by atoms with Crippen molar-refractivity contribution >= 4 is 41.0 Å². The smallest absolute Gasteiger partial charge is 0.264 e. The summed E-state index contributed by atoms with van der Waals surface area (Å²) >= 11 is 3.20. The van der Waals surface area contributed by atoms with Crippen molar-refractivity contribution < 1.29 is 9.53 Å². The number of methoxy groups -OCH3 is 1. The van der Waals surface area contributed by atoms with Crippen LogP contribution in [0.25, 0.3) is 11.3 Å². The van der Waals surface area contributed by atoms with E-state index in [-0.39, 0.29) is 18.3 Å². The van der Waals surface area contributed by atoms with Crippen LogP contribution in [0.3, 0.4) is 0 Å². The Morgan fingerprint density at radius 3 is 2.50 bits per heavy atom. The summed E-state index contributed by atoms with van der Waals surface area (Å²) in [5.41, 5.74) is 2.11. The van der Waals surface area contributed by atoms with Crippen molar-refractivity contribution in [2.45, 2.75) is 6.54 Å². The summed E-state index contributed by atoms with van der Waals surface area (Å²) in [7, 11) is 1.67. The minimum absolute atomic E-state index is 0. The molecule has 0 N–H and O–H groups in total. The summed E-state index contributed by atoms with van der Waals surface area (Å²) in [6.07, 6.45) is 0. The van der Waals surface area contributed by atoms with E-state index >= 15 is 0 Å². The monoisotopic (exact) mass is 435 g/mol. The van der Waals surface area contributed by atoms with Gasteiger partial charge in [0.05, 0.1) is 24.2 Å². The topological polar surface area (TPSA) is 45.7 Å². The number of aromatic nitrogens is 1. The number of piperazine rings is 1. The third-order valence-electron chi connectivity index (χ3n) is 4.69. The normalized spacial score (nSPS) is 14.5. The van der Waals surface area contributed by atoms with E-state index in [4.69, 9.17) is 9.72 Å². The van der Waals surface area contributed by atoms with Crippen LogP contribution in [0.5, 0.6) is 5.75 Å². The van der Waals surface area contributed by atoms with Crippen LogP contribution in [-0.4, -0.2) is 54.0 Å². The highest BCUT2D eigenvalue weighted by Gasteiger charge is 2.23. The minimum atomic E-state index is 0. The van der Waals surface area contributed by atoms with Gasteiger partial charge in [-0.05, 0) is 35.7 Å². The molecule has 3 aromatic rings. The number of hydrogen-bond donors (Lipinski definition) is 0. The van der Waals surface area contributed by atoms with Crippen LogP contribution in [0.1, 0.15) is 14.7 Å². The first-order valence-corrected chi connectivity index (χ1v) is 10.6. The second-order valence-corrected chi connectivity index (χ2v) is 8.29. The van der Waals surface area contributed by atoms with E-state index in [0.717, 1.165) is 59.6 Å². The fourth-order valence-electron chi connectivity index (χ4n) is 3.13. The SMILES string of the molecule is COc1ccc(-c2csc(CN3CCN(C(=O)c4cccs4)CC3)n2)cc1.Cl. The number of halogens is 1. The number of thiazole rings is 1. The number of hydrogen-bond acceptors (Lipinski definition) is 6. The molecule has 0 spiro atoms. The largest absolute Gasteiger partial charge is 0.497 e. The molecule has 0 aliphatic carbocycles. The second-order valence-electron chi connectivity index (χ2n) is 6.40. The molecule has 0 atom stereocenters. The zero-order chi connectivity index (χ0) is 18.6. The Balaban J connectivity index is 0.00000225. The van der Waals surface area contributed by atoms with Crippen LogP contribution in [-0.2, 0) is 6.54 Å². The van der Waals surface area contributed by atoms with Gasteiger partial charge in [0.25, 0.3) is 5.91 Å². The van der Waals surface area contributed by atoms with Crippen molar-refractivity contribution in [3.63, 3.8) is 0 Å². The molecule has 1 aromatic carbocycles. The zero-order valence-corrected chi connectivity index (χ0v) is 18.0. The second kappa shape index (κ2) is 9.52. The van der Waals surface area contributed by atoms with Crippen molar-refractivity contribution in [2.75, 3.05) is 33.3 Å².